The molecule has 2 N–H and O–H groups in total. The fourth-order valence-corrected chi connectivity index (χ4v) is 5.50. The summed E-state index contributed by atoms with van der Waals surface area (Å²) in [6, 6.07) is 12.2. The Balaban J connectivity index is 1.24. The zero-order valence-electron chi connectivity index (χ0n) is 23.2. The zero-order valence-corrected chi connectivity index (χ0v) is 23.2. The van der Waals surface area contributed by atoms with E-state index in [0.29, 0.717) is 31.4 Å². The van der Waals surface area contributed by atoms with Gasteiger partial charge in [0.1, 0.15) is 23.9 Å². The first-order chi connectivity index (χ1) is 20.3. The molecule has 11 nitrogen and oxygen atoms in total. The van der Waals surface area contributed by atoms with Gasteiger partial charge in [0.15, 0.2) is 0 Å². The molecule has 2 saturated heterocycles. The molecule has 2 unspecified atom stereocenters. The van der Waals surface area contributed by atoms with Gasteiger partial charge in [-0.15, -0.1) is 0 Å². The van der Waals surface area contributed by atoms with Crippen LogP contribution in [-0.2, 0) is 23.9 Å². The van der Waals surface area contributed by atoms with Crippen LogP contribution in [0, 0.1) is 0 Å². The molecule has 3 aliphatic heterocycles. The standard InChI is InChI=1S/C31H33N3O8/c1-2-40-31-24(18-26(35)42-31)33-28(37)25-17-14-21-10-6-7-11-23(29(38)34(21)25)32-27(36)19-12-15-22(16-13-19)41-30(39)20-8-4-3-5-9-20/h3-9,12-13,15-16,21,23-25,31H,2,10-11,14,17-18H2,1H3,(H,32,36)(H,33,37)/t21-,23+,24?,25+,31?/m1/s1. The SMILES string of the molecule is CCOC1OC(=O)CC1NC(=O)[C@@H]1CC[C@H]2CC=CC[C@H](NC(=O)c3ccc(OC(=O)c4ccccc4)cc3)C(=O)N21. The highest BCUT2D eigenvalue weighted by Gasteiger charge is 2.45. The third kappa shape index (κ3) is 6.52. The first kappa shape index (κ1) is 29.0. The van der Waals surface area contributed by atoms with Crippen LogP contribution in [-0.4, -0.2) is 71.6 Å². The average molecular weight is 576 g/mol. The molecule has 2 fully saturated rings. The zero-order chi connectivity index (χ0) is 29.6. The summed E-state index contributed by atoms with van der Waals surface area (Å²) in [6.07, 6.45) is 4.93. The lowest BCUT2D eigenvalue weighted by atomic mass is 10.0. The Bertz CT molecular complexity index is 1360. The maximum absolute atomic E-state index is 13.8. The summed E-state index contributed by atoms with van der Waals surface area (Å²) < 4.78 is 16.0. The van der Waals surface area contributed by atoms with Crippen LogP contribution < -0.4 is 15.4 Å². The van der Waals surface area contributed by atoms with Gasteiger partial charge in [-0.25, -0.2) is 4.79 Å². The van der Waals surface area contributed by atoms with Crippen molar-refractivity contribution in [3.63, 3.8) is 0 Å². The number of cyclic esters (lactones) is 1. The Labute approximate surface area is 243 Å². The third-order valence-electron chi connectivity index (χ3n) is 7.57. The van der Waals surface area contributed by atoms with Crippen LogP contribution in [0.2, 0.25) is 0 Å². The number of fused-ring (bicyclic) bond motifs is 1. The summed E-state index contributed by atoms with van der Waals surface area (Å²) in [7, 11) is 0. The lowest BCUT2D eigenvalue weighted by Gasteiger charge is -2.34. The molecule has 2 aromatic rings. The summed E-state index contributed by atoms with van der Waals surface area (Å²) in [5.74, 6) is -1.89. The average Bonchev–Trinajstić information content (AvgIpc) is 3.56. The second-order valence-electron chi connectivity index (χ2n) is 10.4. The van der Waals surface area contributed by atoms with E-state index in [0.717, 1.165) is 0 Å². The molecule has 11 heteroatoms. The van der Waals surface area contributed by atoms with Crippen molar-refractivity contribution < 1.29 is 38.2 Å². The maximum atomic E-state index is 13.8. The minimum absolute atomic E-state index is 0.00777. The second kappa shape index (κ2) is 13.0. The van der Waals surface area contributed by atoms with Gasteiger partial charge in [-0.3, -0.25) is 19.2 Å². The lowest BCUT2D eigenvalue weighted by Crippen LogP contribution is -2.57. The van der Waals surface area contributed by atoms with E-state index in [-0.39, 0.29) is 42.0 Å². The smallest absolute Gasteiger partial charge is 0.343 e. The number of amides is 3. The Morgan fingerprint density at radius 2 is 1.67 bits per heavy atom. The fraction of sp³-hybridized carbons (Fsp3) is 0.387. The Morgan fingerprint density at radius 1 is 0.929 bits per heavy atom. The van der Waals surface area contributed by atoms with E-state index >= 15 is 0 Å². The van der Waals surface area contributed by atoms with Gasteiger partial charge in [-0.05, 0) is 69.0 Å². The van der Waals surface area contributed by atoms with Crippen molar-refractivity contribution in [2.24, 2.45) is 0 Å². The highest BCUT2D eigenvalue weighted by atomic mass is 16.7. The number of nitrogens with zero attached hydrogens (tertiary/aromatic N) is 1. The number of rotatable bonds is 8. The van der Waals surface area contributed by atoms with Crippen molar-refractivity contribution in [1.29, 1.82) is 0 Å². The molecule has 3 amide bonds. The molecule has 0 aliphatic carbocycles. The Morgan fingerprint density at radius 3 is 2.40 bits per heavy atom. The summed E-state index contributed by atoms with van der Waals surface area (Å²) in [4.78, 5) is 65.9. The van der Waals surface area contributed by atoms with Crippen molar-refractivity contribution in [3.05, 3.63) is 77.9 Å². The number of carbonyl (C=O) groups is 5. The molecule has 0 radical (unpaired) electrons. The monoisotopic (exact) mass is 575 g/mol. The predicted molar refractivity (Wildman–Crippen MR) is 149 cm³/mol. The van der Waals surface area contributed by atoms with Gasteiger partial charge in [0.2, 0.25) is 18.1 Å². The van der Waals surface area contributed by atoms with Crippen molar-refractivity contribution in [2.45, 2.75) is 69.5 Å². The van der Waals surface area contributed by atoms with E-state index < -0.39 is 42.3 Å². The van der Waals surface area contributed by atoms with Crippen molar-refractivity contribution >= 4 is 29.7 Å². The number of carbonyl (C=O) groups excluding carboxylic acids is 5. The van der Waals surface area contributed by atoms with E-state index in [1.54, 1.807) is 42.2 Å². The van der Waals surface area contributed by atoms with Gasteiger partial charge >= 0.3 is 11.9 Å². The van der Waals surface area contributed by atoms with Crippen LogP contribution in [0.4, 0.5) is 0 Å². The van der Waals surface area contributed by atoms with Gasteiger partial charge < -0.3 is 29.7 Å². The quantitative estimate of drug-likeness (QED) is 0.278. The van der Waals surface area contributed by atoms with Crippen LogP contribution in [0.3, 0.4) is 0 Å². The van der Waals surface area contributed by atoms with Crippen LogP contribution in [0.25, 0.3) is 0 Å². The minimum atomic E-state index is -0.881. The van der Waals surface area contributed by atoms with E-state index in [2.05, 4.69) is 10.6 Å². The van der Waals surface area contributed by atoms with Gasteiger partial charge in [-0.2, -0.15) is 0 Å². The molecule has 0 aromatic heterocycles. The number of ether oxygens (including phenoxy) is 3. The first-order valence-corrected chi connectivity index (χ1v) is 14.1. The molecule has 42 heavy (non-hydrogen) atoms. The number of esters is 2. The normalized spacial score (nSPS) is 25.2. The molecular weight excluding hydrogens is 542 g/mol. The van der Waals surface area contributed by atoms with Crippen LogP contribution in [0.1, 0.15) is 59.7 Å². The Kier molecular flexibility index (Phi) is 8.97. The van der Waals surface area contributed by atoms with E-state index in [1.807, 2.05) is 12.2 Å². The third-order valence-corrected chi connectivity index (χ3v) is 7.57. The lowest BCUT2D eigenvalue weighted by molar-refractivity contribution is -0.164. The van der Waals surface area contributed by atoms with Crippen molar-refractivity contribution in [3.8, 4) is 5.75 Å². The van der Waals surface area contributed by atoms with E-state index in [9.17, 15) is 24.0 Å². The van der Waals surface area contributed by atoms with Gasteiger partial charge in [0, 0.05) is 18.2 Å². The molecule has 5 rings (SSSR count). The van der Waals surface area contributed by atoms with Gasteiger partial charge in [0.05, 0.1) is 12.0 Å². The number of benzene rings is 2. The first-order valence-electron chi connectivity index (χ1n) is 14.1. The molecule has 0 saturated carbocycles. The summed E-state index contributed by atoms with van der Waals surface area (Å²) in [5.41, 5.74) is 0.690. The molecule has 3 aliphatic rings. The topological polar surface area (TPSA) is 140 Å². The molecule has 2 aromatic carbocycles. The van der Waals surface area contributed by atoms with Gasteiger partial charge in [-0.1, -0.05) is 30.4 Å². The molecule has 3 heterocycles. The summed E-state index contributed by atoms with van der Waals surface area (Å²) >= 11 is 0. The van der Waals surface area contributed by atoms with Crippen LogP contribution in [0.15, 0.2) is 66.7 Å². The van der Waals surface area contributed by atoms with Crippen molar-refractivity contribution in [2.75, 3.05) is 6.61 Å². The molecule has 220 valence electrons. The number of nitrogens with one attached hydrogen (secondary N) is 2. The largest absolute Gasteiger partial charge is 0.433 e. The maximum Gasteiger partial charge on any atom is 0.343 e. The molecule has 0 bridgehead atoms. The van der Waals surface area contributed by atoms with Crippen molar-refractivity contribution in [1.82, 2.24) is 15.5 Å². The highest BCUT2D eigenvalue weighted by Crippen LogP contribution is 2.30. The number of hydrogen-bond acceptors (Lipinski definition) is 8. The highest BCUT2D eigenvalue weighted by molar-refractivity contribution is 5.99. The molecular formula is C31H33N3O8. The van der Waals surface area contributed by atoms with E-state index in [4.69, 9.17) is 14.2 Å². The fourth-order valence-electron chi connectivity index (χ4n) is 5.50. The predicted octanol–water partition coefficient (Wildman–Crippen LogP) is 2.51. The summed E-state index contributed by atoms with van der Waals surface area (Å²) in [5, 5.41) is 5.65. The minimum Gasteiger partial charge on any atom is -0.433 e. The molecule has 0 spiro atoms. The Hall–Kier alpha value is -4.51. The van der Waals surface area contributed by atoms with Crippen LogP contribution in [0.5, 0.6) is 5.75 Å². The number of hydrogen-bond donors (Lipinski definition) is 2. The summed E-state index contributed by atoms with van der Waals surface area (Å²) in [6.45, 7) is 2.08. The van der Waals surface area contributed by atoms with Gasteiger partial charge in [0.25, 0.3) is 5.91 Å². The van der Waals surface area contributed by atoms with E-state index in [1.165, 1.54) is 24.3 Å². The second-order valence-corrected chi connectivity index (χ2v) is 10.4. The molecule has 5 atom stereocenters. The van der Waals surface area contributed by atoms with Crippen LogP contribution >= 0.6 is 0 Å².